The average molecular weight is 279 g/mol. The molecule has 5 heteroatoms. The summed E-state index contributed by atoms with van der Waals surface area (Å²) in [4.78, 5) is 27.8. The standard InChI is InChI=1S/C15H25N3O2/c1-3-18-14(19)9-13(15(18)20)16-10-7-11-5-4-6-12(8-10)17(11)2/h10-13,16H,3-9H2,1-2H3. The Bertz CT molecular complexity index is 398. The maximum absolute atomic E-state index is 12.2. The van der Waals surface area contributed by atoms with Crippen LogP contribution >= 0.6 is 0 Å². The molecule has 0 saturated carbocycles. The number of likely N-dealkylation sites (N-methyl/N-ethyl adjacent to an activating group) is 1. The molecule has 3 saturated heterocycles. The number of rotatable bonds is 3. The Hall–Kier alpha value is -0.940. The predicted octanol–water partition coefficient (Wildman–Crippen LogP) is 0.739. The molecular weight excluding hydrogens is 254 g/mol. The number of amides is 2. The first-order valence-electron chi connectivity index (χ1n) is 7.92. The van der Waals surface area contributed by atoms with Crippen molar-refractivity contribution in [2.45, 2.75) is 69.6 Å². The molecule has 0 radical (unpaired) electrons. The lowest BCUT2D eigenvalue weighted by Gasteiger charge is -2.47. The van der Waals surface area contributed by atoms with Crippen LogP contribution in [0.5, 0.6) is 0 Å². The Morgan fingerprint density at radius 1 is 1.20 bits per heavy atom. The van der Waals surface area contributed by atoms with E-state index in [-0.39, 0.29) is 17.9 Å². The van der Waals surface area contributed by atoms with Gasteiger partial charge in [-0.25, -0.2) is 0 Å². The van der Waals surface area contributed by atoms with Crippen LogP contribution in [0.2, 0.25) is 0 Å². The van der Waals surface area contributed by atoms with E-state index in [9.17, 15) is 9.59 Å². The molecule has 3 aliphatic heterocycles. The van der Waals surface area contributed by atoms with Crippen LogP contribution in [0.25, 0.3) is 0 Å². The lowest BCUT2D eigenvalue weighted by atomic mass is 9.82. The van der Waals surface area contributed by atoms with Gasteiger partial charge >= 0.3 is 0 Å². The smallest absolute Gasteiger partial charge is 0.246 e. The molecule has 3 fully saturated rings. The average Bonchev–Trinajstić information content (AvgIpc) is 2.65. The molecule has 1 N–H and O–H groups in total. The lowest BCUT2D eigenvalue weighted by Crippen LogP contribution is -2.56. The molecule has 3 unspecified atom stereocenters. The Morgan fingerprint density at radius 2 is 1.85 bits per heavy atom. The monoisotopic (exact) mass is 279 g/mol. The van der Waals surface area contributed by atoms with Crippen molar-refractivity contribution in [3.05, 3.63) is 0 Å². The lowest BCUT2D eigenvalue weighted by molar-refractivity contribution is -0.138. The SMILES string of the molecule is CCN1C(=O)CC(NC2CC3CCCC(C2)N3C)C1=O. The summed E-state index contributed by atoms with van der Waals surface area (Å²) in [6, 6.07) is 1.40. The number of fused-ring (bicyclic) bond motifs is 2. The quantitative estimate of drug-likeness (QED) is 0.774. The minimum absolute atomic E-state index is 0.0249. The first-order valence-corrected chi connectivity index (χ1v) is 7.92. The molecule has 0 aromatic rings. The Kier molecular flexibility index (Phi) is 3.82. The van der Waals surface area contributed by atoms with E-state index in [0.717, 1.165) is 12.8 Å². The van der Waals surface area contributed by atoms with Gasteiger partial charge in [-0.15, -0.1) is 0 Å². The second-order valence-electron chi connectivity index (χ2n) is 6.47. The van der Waals surface area contributed by atoms with Crippen LogP contribution in [0.4, 0.5) is 0 Å². The molecule has 3 atom stereocenters. The van der Waals surface area contributed by atoms with Crippen molar-refractivity contribution in [1.82, 2.24) is 15.1 Å². The van der Waals surface area contributed by atoms with Crippen molar-refractivity contribution in [3.8, 4) is 0 Å². The minimum Gasteiger partial charge on any atom is -0.303 e. The number of hydrogen-bond donors (Lipinski definition) is 1. The summed E-state index contributed by atoms with van der Waals surface area (Å²) >= 11 is 0. The number of hydrogen-bond acceptors (Lipinski definition) is 4. The molecule has 112 valence electrons. The van der Waals surface area contributed by atoms with E-state index >= 15 is 0 Å². The molecule has 2 bridgehead atoms. The highest BCUT2D eigenvalue weighted by Gasteiger charge is 2.41. The Labute approximate surface area is 120 Å². The Balaban J connectivity index is 1.62. The fraction of sp³-hybridized carbons (Fsp3) is 0.867. The van der Waals surface area contributed by atoms with Gasteiger partial charge in [-0.3, -0.25) is 14.5 Å². The molecular formula is C15H25N3O2. The van der Waals surface area contributed by atoms with Crippen LogP contribution in [-0.2, 0) is 9.59 Å². The van der Waals surface area contributed by atoms with Crippen molar-refractivity contribution in [1.29, 1.82) is 0 Å². The highest BCUT2D eigenvalue weighted by atomic mass is 16.2. The molecule has 0 aliphatic carbocycles. The summed E-state index contributed by atoms with van der Waals surface area (Å²) in [5.74, 6) is -0.0512. The van der Waals surface area contributed by atoms with Crippen LogP contribution in [0.1, 0.15) is 45.4 Å². The van der Waals surface area contributed by atoms with Gasteiger partial charge < -0.3 is 10.2 Å². The summed E-state index contributed by atoms with van der Waals surface area (Å²) in [7, 11) is 2.23. The highest BCUT2D eigenvalue weighted by Crippen LogP contribution is 2.33. The van der Waals surface area contributed by atoms with Gasteiger partial charge in [-0.2, -0.15) is 0 Å². The predicted molar refractivity (Wildman–Crippen MR) is 76.1 cm³/mol. The van der Waals surface area contributed by atoms with Gasteiger partial charge in [0.05, 0.1) is 12.5 Å². The van der Waals surface area contributed by atoms with E-state index in [1.807, 2.05) is 6.92 Å². The van der Waals surface area contributed by atoms with Gasteiger partial charge in [-0.05, 0) is 39.7 Å². The number of nitrogens with one attached hydrogen (secondary N) is 1. The fourth-order valence-corrected chi connectivity index (χ4v) is 4.18. The van der Waals surface area contributed by atoms with E-state index in [1.54, 1.807) is 0 Å². The molecule has 0 aromatic heterocycles. The second kappa shape index (κ2) is 5.45. The second-order valence-corrected chi connectivity index (χ2v) is 6.47. The van der Waals surface area contributed by atoms with E-state index in [2.05, 4.69) is 17.3 Å². The van der Waals surface area contributed by atoms with Crippen LogP contribution in [0.15, 0.2) is 0 Å². The van der Waals surface area contributed by atoms with Crippen LogP contribution in [0, 0.1) is 0 Å². The van der Waals surface area contributed by atoms with Gasteiger partial charge in [0, 0.05) is 24.7 Å². The largest absolute Gasteiger partial charge is 0.303 e. The number of carbonyl (C=O) groups excluding carboxylic acids is 2. The minimum atomic E-state index is -0.281. The maximum Gasteiger partial charge on any atom is 0.246 e. The summed E-state index contributed by atoms with van der Waals surface area (Å²) in [6.45, 7) is 2.35. The topological polar surface area (TPSA) is 52.7 Å². The first kappa shape index (κ1) is 14.0. The zero-order valence-corrected chi connectivity index (χ0v) is 12.5. The van der Waals surface area contributed by atoms with E-state index in [0.29, 0.717) is 31.1 Å². The third kappa shape index (κ3) is 2.37. The third-order valence-corrected chi connectivity index (χ3v) is 5.34. The zero-order chi connectivity index (χ0) is 14.3. The zero-order valence-electron chi connectivity index (χ0n) is 12.5. The normalized spacial score (nSPS) is 38.6. The van der Waals surface area contributed by atoms with Gasteiger partial charge in [0.15, 0.2) is 0 Å². The molecule has 5 nitrogen and oxygen atoms in total. The van der Waals surface area contributed by atoms with Crippen molar-refractivity contribution >= 4 is 11.8 Å². The third-order valence-electron chi connectivity index (χ3n) is 5.34. The van der Waals surface area contributed by atoms with E-state index < -0.39 is 0 Å². The molecule has 3 heterocycles. The number of likely N-dealkylation sites (tertiary alicyclic amines) is 1. The van der Waals surface area contributed by atoms with Gasteiger partial charge in [0.1, 0.15) is 0 Å². The summed E-state index contributed by atoms with van der Waals surface area (Å²) in [5, 5.41) is 3.47. The number of imide groups is 1. The first-order chi connectivity index (χ1) is 9.60. The molecule has 2 amide bonds. The molecule has 20 heavy (non-hydrogen) atoms. The van der Waals surface area contributed by atoms with Crippen LogP contribution in [0.3, 0.4) is 0 Å². The molecule has 3 rings (SSSR count). The van der Waals surface area contributed by atoms with Crippen molar-refractivity contribution in [2.24, 2.45) is 0 Å². The number of piperidine rings is 2. The summed E-state index contributed by atoms with van der Waals surface area (Å²) in [5.41, 5.74) is 0. The summed E-state index contributed by atoms with van der Waals surface area (Å²) < 4.78 is 0. The molecule has 3 aliphatic rings. The molecule has 0 aromatic carbocycles. The van der Waals surface area contributed by atoms with E-state index in [4.69, 9.17) is 0 Å². The van der Waals surface area contributed by atoms with Crippen molar-refractivity contribution in [3.63, 3.8) is 0 Å². The molecule has 0 spiro atoms. The summed E-state index contributed by atoms with van der Waals surface area (Å²) in [6.07, 6.45) is 6.42. The highest BCUT2D eigenvalue weighted by molar-refractivity contribution is 6.05. The van der Waals surface area contributed by atoms with Gasteiger partial charge in [-0.1, -0.05) is 6.42 Å². The van der Waals surface area contributed by atoms with Gasteiger partial charge in [0.25, 0.3) is 0 Å². The maximum atomic E-state index is 12.2. The fourth-order valence-electron chi connectivity index (χ4n) is 4.18. The number of nitrogens with zero attached hydrogens (tertiary/aromatic N) is 2. The van der Waals surface area contributed by atoms with Crippen molar-refractivity contribution in [2.75, 3.05) is 13.6 Å². The van der Waals surface area contributed by atoms with Crippen molar-refractivity contribution < 1.29 is 9.59 Å². The van der Waals surface area contributed by atoms with Crippen LogP contribution < -0.4 is 5.32 Å². The van der Waals surface area contributed by atoms with Crippen LogP contribution in [-0.4, -0.2) is 59.4 Å². The van der Waals surface area contributed by atoms with Gasteiger partial charge in [0.2, 0.25) is 11.8 Å². The number of carbonyl (C=O) groups is 2. The Morgan fingerprint density at radius 3 is 2.40 bits per heavy atom. The van der Waals surface area contributed by atoms with E-state index in [1.165, 1.54) is 24.2 Å².